The maximum absolute atomic E-state index is 13.6. The number of ether oxygens (including phenoxy) is 2. The third-order valence-corrected chi connectivity index (χ3v) is 7.18. The molecule has 0 saturated carbocycles. The van der Waals surface area contributed by atoms with Crippen molar-refractivity contribution in [1.29, 1.82) is 0 Å². The standard InChI is InChI=1S/C25H43BN4O7/c1-23(2,3)35-22(33)27-19(20(31)30-14-10-12-18(28-30)21(32)34-8)16-29-13-9-11-17(15-29)26-36-24(4,5)25(6,7)37-26/h11,18-19,28H,9-10,12-16H2,1-8H3,(H,27,33)/t18-,19-/m0/s1. The van der Waals surface area contributed by atoms with Crippen molar-refractivity contribution in [2.24, 2.45) is 0 Å². The van der Waals surface area contributed by atoms with Crippen molar-refractivity contribution < 1.29 is 33.2 Å². The smallest absolute Gasteiger partial charge is 0.468 e. The number of hydrazine groups is 1. The van der Waals surface area contributed by atoms with E-state index in [0.29, 0.717) is 32.5 Å². The number of rotatable bonds is 6. The van der Waals surface area contributed by atoms with E-state index in [2.05, 4.69) is 21.7 Å². The van der Waals surface area contributed by atoms with Crippen molar-refractivity contribution in [2.45, 2.75) is 96.6 Å². The number of carbonyl (C=O) groups excluding carboxylic acids is 3. The molecule has 2 saturated heterocycles. The van der Waals surface area contributed by atoms with Crippen LogP contribution in [0.15, 0.2) is 11.5 Å². The molecular formula is C25H43BN4O7. The molecule has 0 aliphatic carbocycles. The number of carbonyl (C=O) groups is 3. The Morgan fingerprint density at radius 3 is 2.43 bits per heavy atom. The lowest BCUT2D eigenvalue weighted by Crippen LogP contribution is -2.62. The third-order valence-electron chi connectivity index (χ3n) is 7.18. The average Bonchev–Trinajstić information content (AvgIpc) is 3.03. The van der Waals surface area contributed by atoms with E-state index in [9.17, 15) is 14.4 Å². The number of nitrogens with one attached hydrogen (secondary N) is 2. The predicted octanol–water partition coefficient (Wildman–Crippen LogP) is 1.81. The zero-order chi connectivity index (χ0) is 27.6. The van der Waals surface area contributed by atoms with E-state index in [-0.39, 0.29) is 12.5 Å². The Kier molecular flexibility index (Phi) is 8.99. The van der Waals surface area contributed by atoms with Gasteiger partial charge in [-0.2, -0.15) is 0 Å². The van der Waals surface area contributed by atoms with Crippen molar-refractivity contribution >= 4 is 25.1 Å². The van der Waals surface area contributed by atoms with E-state index < -0.39 is 48.1 Å². The van der Waals surface area contributed by atoms with Gasteiger partial charge in [-0.05, 0) is 73.2 Å². The fraction of sp³-hybridized carbons (Fsp3) is 0.800. The first-order valence-electron chi connectivity index (χ1n) is 13.0. The van der Waals surface area contributed by atoms with E-state index in [1.165, 1.54) is 12.1 Å². The van der Waals surface area contributed by atoms with Crippen LogP contribution in [0.1, 0.15) is 67.7 Å². The minimum atomic E-state index is -0.892. The molecule has 2 amide bonds. The second-order valence-corrected chi connectivity index (χ2v) is 11.9. The molecule has 0 spiro atoms. The van der Waals surface area contributed by atoms with Crippen LogP contribution >= 0.6 is 0 Å². The maximum atomic E-state index is 13.6. The summed E-state index contributed by atoms with van der Waals surface area (Å²) in [6, 6.07) is -1.51. The molecule has 37 heavy (non-hydrogen) atoms. The van der Waals surface area contributed by atoms with Gasteiger partial charge in [-0.1, -0.05) is 6.08 Å². The van der Waals surface area contributed by atoms with Crippen LogP contribution in [-0.4, -0.2) is 97.2 Å². The Balaban J connectivity index is 1.72. The van der Waals surface area contributed by atoms with Gasteiger partial charge in [0, 0.05) is 26.2 Å². The van der Waals surface area contributed by atoms with Crippen LogP contribution in [0, 0.1) is 0 Å². The number of methoxy groups -OCH3 is 1. The van der Waals surface area contributed by atoms with Gasteiger partial charge in [0.25, 0.3) is 5.91 Å². The topological polar surface area (TPSA) is 119 Å². The molecule has 11 nitrogen and oxygen atoms in total. The minimum Gasteiger partial charge on any atom is -0.468 e. The van der Waals surface area contributed by atoms with Gasteiger partial charge in [0.1, 0.15) is 17.7 Å². The molecule has 0 aromatic rings. The van der Waals surface area contributed by atoms with Gasteiger partial charge in [-0.3, -0.25) is 19.5 Å². The first kappa shape index (κ1) is 29.4. The molecule has 3 heterocycles. The summed E-state index contributed by atoms with van der Waals surface area (Å²) in [6.07, 6.45) is 3.42. The minimum absolute atomic E-state index is 0.260. The predicted molar refractivity (Wildman–Crippen MR) is 138 cm³/mol. The zero-order valence-corrected chi connectivity index (χ0v) is 23.5. The number of hydrogen-bond acceptors (Lipinski definition) is 9. The largest absolute Gasteiger partial charge is 0.491 e. The lowest BCUT2D eigenvalue weighted by molar-refractivity contribution is -0.150. The third kappa shape index (κ3) is 7.46. The summed E-state index contributed by atoms with van der Waals surface area (Å²) in [5, 5.41) is 4.16. The highest BCUT2D eigenvalue weighted by atomic mass is 16.7. The molecule has 2 atom stereocenters. The van der Waals surface area contributed by atoms with E-state index in [4.69, 9.17) is 18.8 Å². The van der Waals surface area contributed by atoms with Crippen LogP contribution < -0.4 is 10.7 Å². The quantitative estimate of drug-likeness (QED) is 0.398. The molecular weight excluding hydrogens is 479 g/mol. The van der Waals surface area contributed by atoms with Gasteiger partial charge in [-0.15, -0.1) is 0 Å². The lowest BCUT2D eigenvalue weighted by Gasteiger charge is -2.37. The number of hydrogen-bond donors (Lipinski definition) is 2. The first-order valence-corrected chi connectivity index (χ1v) is 13.0. The zero-order valence-electron chi connectivity index (χ0n) is 23.5. The van der Waals surface area contributed by atoms with Crippen LogP contribution in [0.4, 0.5) is 4.79 Å². The van der Waals surface area contributed by atoms with E-state index in [1.54, 1.807) is 20.8 Å². The maximum Gasteiger partial charge on any atom is 0.491 e. The monoisotopic (exact) mass is 522 g/mol. The molecule has 0 aromatic carbocycles. The number of amides is 2. The van der Waals surface area contributed by atoms with E-state index >= 15 is 0 Å². The Bertz CT molecular complexity index is 886. The van der Waals surface area contributed by atoms with Gasteiger partial charge < -0.3 is 24.1 Å². The lowest BCUT2D eigenvalue weighted by atomic mass is 9.76. The Morgan fingerprint density at radius 1 is 1.19 bits per heavy atom. The summed E-state index contributed by atoms with van der Waals surface area (Å²) < 4.78 is 22.7. The second-order valence-electron chi connectivity index (χ2n) is 11.9. The summed E-state index contributed by atoms with van der Waals surface area (Å²) in [5.41, 5.74) is 2.34. The molecule has 2 N–H and O–H groups in total. The van der Waals surface area contributed by atoms with E-state index in [0.717, 1.165) is 11.9 Å². The van der Waals surface area contributed by atoms with Crippen LogP contribution in [-0.2, 0) is 28.4 Å². The molecule has 2 fully saturated rings. The van der Waals surface area contributed by atoms with Crippen LogP contribution in [0.3, 0.4) is 0 Å². The highest BCUT2D eigenvalue weighted by molar-refractivity contribution is 6.54. The van der Waals surface area contributed by atoms with Gasteiger partial charge in [0.2, 0.25) is 0 Å². The highest BCUT2D eigenvalue weighted by Gasteiger charge is 2.52. The molecule has 0 unspecified atom stereocenters. The Morgan fingerprint density at radius 2 is 1.84 bits per heavy atom. The number of esters is 1. The van der Waals surface area contributed by atoms with Crippen LogP contribution in [0.25, 0.3) is 0 Å². The Labute approximate surface area is 220 Å². The van der Waals surface area contributed by atoms with Crippen LogP contribution in [0.2, 0.25) is 0 Å². The molecule has 3 aliphatic heterocycles. The molecule has 0 radical (unpaired) electrons. The Hall–Kier alpha value is -2.15. The van der Waals surface area contributed by atoms with Crippen molar-refractivity contribution in [2.75, 3.05) is 33.3 Å². The molecule has 12 heteroatoms. The average molecular weight is 522 g/mol. The number of alkyl carbamates (subject to hydrolysis) is 1. The van der Waals surface area contributed by atoms with Gasteiger partial charge in [0.15, 0.2) is 0 Å². The molecule has 3 rings (SSSR count). The normalized spacial score (nSPS) is 24.8. The summed E-state index contributed by atoms with van der Waals surface area (Å²) in [4.78, 5) is 40.4. The molecule has 208 valence electrons. The van der Waals surface area contributed by atoms with Gasteiger partial charge in [0.05, 0.1) is 18.3 Å². The van der Waals surface area contributed by atoms with Gasteiger partial charge in [-0.25, -0.2) is 10.2 Å². The SMILES string of the molecule is COC(=O)[C@@H]1CCCN(C(=O)[C@H](CN2CCC=C(B3OC(C)(C)C(C)(C)O3)C2)NC(=O)OC(C)(C)C)N1. The van der Waals surface area contributed by atoms with Crippen molar-refractivity contribution in [3.63, 3.8) is 0 Å². The summed E-state index contributed by atoms with van der Waals surface area (Å²) in [5.74, 6) is -0.770. The van der Waals surface area contributed by atoms with Crippen molar-refractivity contribution in [3.8, 4) is 0 Å². The van der Waals surface area contributed by atoms with E-state index in [1.807, 2.05) is 27.7 Å². The second kappa shape index (κ2) is 11.3. The fourth-order valence-electron chi connectivity index (χ4n) is 4.49. The first-order chi connectivity index (χ1) is 17.1. The summed E-state index contributed by atoms with van der Waals surface area (Å²) in [6.45, 7) is 15.3. The van der Waals surface area contributed by atoms with Crippen molar-refractivity contribution in [3.05, 3.63) is 11.5 Å². The number of nitrogens with zero attached hydrogens (tertiary/aromatic N) is 2. The highest BCUT2D eigenvalue weighted by Crippen LogP contribution is 2.39. The molecule has 0 aromatic heterocycles. The van der Waals surface area contributed by atoms with Crippen LogP contribution in [0.5, 0.6) is 0 Å². The molecule has 0 bridgehead atoms. The summed E-state index contributed by atoms with van der Waals surface area (Å²) >= 11 is 0. The molecule has 3 aliphatic rings. The fourth-order valence-corrected chi connectivity index (χ4v) is 4.49. The van der Waals surface area contributed by atoms with Gasteiger partial charge >= 0.3 is 19.2 Å². The summed E-state index contributed by atoms with van der Waals surface area (Å²) in [7, 11) is 0.851. The van der Waals surface area contributed by atoms with Crippen molar-refractivity contribution in [1.82, 2.24) is 20.7 Å².